The SMILES string of the molecule is B.CC(C)CCS. The molecule has 0 aromatic heterocycles. The summed E-state index contributed by atoms with van der Waals surface area (Å²) in [5.41, 5.74) is 0. The Balaban J connectivity index is 0. The molecule has 0 radical (unpaired) electrons. The van der Waals surface area contributed by atoms with Crippen molar-refractivity contribution in [2.24, 2.45) is 5.92 Å². The maximum atomic E-state index is 4.06. The van der Waals surface area contributed by atoms with E-state index in [-0.39, 0.29) is 8.41 Å². The van der Waals surface area contributed by atoms with Crippen molar-refractivity contribution in [3.63, 3.8) is 0 Å². The zero-order chi connectivity index (χ0) is 4.99. The third-order valence-corrected chi connectivity index (χ3v) is 0.965. The van der Waals surface area contributed by atoms with Gasteiger partial charge in [0.05, 0.1) is 8.41 Å². The Kier molecular flexibility index (Phi) is 9.54. The van der Waals surface area contributed by atoms with Gasteiger partial charge in [0.25, 0.3) is 0 Å². The lowest BCUT2D eigenvalue weighted by molar-refractivity contribution is 0.633. The second kappa shape index (κ2) is 6.41. The van der Waals surface area contributed by atoms with Crippen molar-refractivity contribution in [3.05, 3.63) is 0 Å². The summed E-state index contributed by atoms with van der Waals surface area (Å²) in [6, 6.07) is 0. The van der Waals surface area contributed by atoms with Gasteiger partial charge in [-0.1, -0.05) is 13.8 Å². The molecular formula is C5H15BS. The number of rotatable bonds is 2. The van der Waals surface area contributed by atoms with Crippen LogP contribution in [0.1, 0.15) is 20.3 Å². The minimum atomic E-state index is 0. The summed E-state index contributed by atoms with van der Waals surface area (Å²) in [5, 5.41) is 0. The molecule has 0 nitrogen and oxygen atoms in total. The first-order valence-electron chi connectivity index (χ1n) is 2.38. The third kappa shape index (κ3) is 10.7. The van der Waals surface area contributed by atoms with E-state index < -0.39 is 0 Å². The molecule has 0 amide bonds. The lowest BCUT2D eigenvalue weighted by atomic mass is 10.2. The normalized spacial score (nSPS) is 8.57. The van der Waals surface area contributed by atoms with Crippen molar-refractivity contribution in [3.8, 4) is 0 Å². The van der Waals surface area contributed by atoms with Gasteiger partial charge < -0.3 is 0 Å². The number of hydrogen-bond acceptors (Lipinski definition) is 1. The van der Waals surface area contributed by atoms with Crippen LogP contribution in [0.15, 0.2) is 0 Å². The molecule has 2 heteroatoms. The van der Waals surface area contributed by atoms with Gasteiger partial charge in [0.2, 0.25) is 0 Å². The van der Waals surface area contributed by atoms with Crippen molar-refractivity contribution >= 4 is 21.0 Å². The first-order chi connectivity index (χ1) is 2.77. The van der Waals surface area contributed by atoms with Crippen LogP contribution in [0, 0.1) is 5.92 Å². The smallest absolute Gasteiger partial charge is 0.0814 e. The molecule has 0 saturated carbocycles. The summed E-state index contributed by atoms with van der Waals surface area (Å²) in [6.07, 6.45) is 1.24. The van der Waals surface area contributed by atoms with Crippen molar-refractivity contribution in [1.29, 1.82) is 0 Å². The van der Waals surface area contributed by atoms with Gasteiger partial charge in [-0.15, -0.1) is 0 Å². The van der Waals surface area contributed by atoms with Crippen LogP contribution >= 0.6 is 12.6 Å². The Morgan fingerprint density at radius 2 is 1.86 bits per heavy atom. The topological polar surface area (TPSA) is 0 Å². The minimum absolute atomic E-state index is 0. The van der Waals surface area contributed by atoms with Crippen molar-refractivity contribution in [2.75, 3.05) is 5.75 Å². The molecule has 0 unspecified atom stereocenters. The molecule has 0 fully saturated rings. The molecule has 0 saturated heterocycles. The highest BCUT2D eigenvalue weighted by Gasteiger charge is 1.86. The molecule has 0 rings (SSSR count). The molecule has 7 heavy (non-hydrogen) atoms. The van der Waals surface area contributed by atoms with E-state index in [0.717, 1.165) is 11.7 Å². The second-order valence-electron chi connectivity index (χ2n) is 1.91. The van der Waals surface area contributed by atoms with Gasteiger partial charge in [0.1, 0.15) is 0 Å². The van der Waals surface area contributed by atoms with Crippen LogP contribution in [0.3, 0.4) is 0 Å². The fraction of sp³-hybridized carbons (Fsp3) is 1.00. The average Bonchev–Trinajstić information content (AvgIpc) is 1.35. The van der Waals surface area contributed by atoms with Gasteiger partial charge in [-0.05, 0) is 18.1 Å². The molecule has 44 valence electrons. The van der Waals surface area contributed by atoms with E-state index in [2.05, 4.69) is 26.5 Å². The van der Waals surface area contributed by atoms with Crippen LogP contribution in [0.5, 0.6) is 0 Å². The predicted octanol–water partition coefficient (Wildman–Crippen LogP) is 0.778. The first-order valence-corrected chi connectivity index (χ1v) is 3.01. The predicted molar refractivity (Wildman–Crippen MR) is 43.2 cm³/mol. The van der Waals surface area contributed by atoms with Gasteiger partial charge >= 0.3 is 0 Å². The monoisotopic (exact) mass is 118 g/mol. The van der Waals surface area contributed by atoms with E-state index in [9.17, 15) is 0 Å². The van der Waals surface area contributed by atoms with E-state index in [1.54, 1.807) is 0 Å². The fourth-order valence-corrected chi connectivity index (χ4v) is 0.775. The second-order valence-corrected chi connectivity index (χ2v) is 2.35. The van der Waals surface area contributed by atoms with Gasteiger partial charge in [0.15, 0.2) is 0 Å². The fourth-order valence-electron chi connectivity index (χ4n) is 0.258. The van der Waals surface area contributed by atoms with Crippen molar-refractivity contribution < 1.29 is 0 Å². The van der Waals surface area contributed by atoms with Crippen molar-refractivity contribution in [2.45, 2.75) is 20.3 Å². The molecule has 0 aliphatic rings. The van der Waals surface area contributed by atoms with Crippen LogP contribution in [0.2, 0.25) is 0 Å². The summed E-state index contributed by atoms with van der Waals surface area (Å²) >= 11 is 4.06. The van der Waals surface area contributed by atoms with Crippen LogP contribution in [0.4, 0.5) is 0 Å². The highest BCUT2D eigenvalue weighted by atomic mass is 32.1. The molecule has 0 aromatic carbocycles. The summed E-state index contributed by atoms with van der Waals surface area (Å²) in [5.74, 6) is 1.85. The van der Waals surface area contributed by atoms with E-state index in [0.29, 0.717) is 0 Å². The first kappa shape index (κ1) is 10.4. The Morgan fingerprint density at radius 1 is 1.43 bits per heavy atom. The Morgan fingerprint density at radius 3 is 1.86 bits per heavy atom. The molecule has 0 heterocycles. The van der Waals surface area contributed by atoms with Gasteiger partial charge in [-0.25, -0.2) is 0 Å². The van der Waals surface area contributed by atoms with Crippen LogP contribution < -0.4 is 0 Å². The van der Waals surface area contributed by atoms with E-state index >= 15 is 0 Å². The van der Waals surface area contributed by atoms with Gasteiger partial charge in [-0.3, -0.25) is 0 Å². The number of thiol groups is 1. The molecule has 0 N–H and O–H groups in total. The zero-order valence-electron chi connectivity index (χ0n) is 4.44. The lowest BCUT2D eigenvalue weighted by Crippen LogP contribution is -1.85. The summed E-state index contributed by atoms with van der Waals surface area (Å²) < 4.78 is 0. The van der Waals surface area contributed by atoms with Crippen LogP contribution in [-0.4, -0.2) is 14.2 Å². The third-order valence-electron chi connectivity index (χ3n) is 0.706. The zero-order valence-corrected chi connectivity index (χ0v) is 5.33. The average molecular weight is 118 g/mol. The maximum Gasteiger partial charge on any atom is 0.0814 e. The summed E-state index contributed by atoms with van der Waals surface area (Å²) in [6.45, 7) is 4.41. The molecule has 0 aliphatic carbocycles. The Bertz CT molecular complexity index is 29.3. The van der Waals surface area contributed by atoms with E-state index in [1.807, 2.05) is 0 Å². The molecular weight excluding hydrogens is 103 g/mol. The molecule has 0 atom stereocenters. The Labute approximate surface area is 53.7 Å². The highest BCUT2D eigenvalue weighted by molar-refractivity contribution is 7.80. The van der Waals surface area contributed by atoms with Crippen LogP contribution in [0.25, 0.3) is 0 Å². The molecule has 0 bridgehead atoms. The van der Waals surface area contributed by atoms with Crippen molar-refractivity contribution in [1.82, 2.24) is 0 Å². The quantitative estimate of drug-likeness (QED) is 0.402. The van der Waals surface area contributed by atoms with Crippen LogP contribution in [-0.2, 0) is 0 Å². The lowest BCUT2D eigenvalue weighted by Gasteiger charge is -1.95. The van der Waals surface area contributed by atoms with E-state index in [1.165, 1.54) is 6.42 Å². The van der Waals surface area contributed by atoms with Gasteiger partial charge in [-0.2, -0.15) is 12.6 Å². The Hall–Kier alpha value is 0.415. The molecule has 0 aromatic rings. The van der Waals surface area contributed by atoms with Gasteiger partial charge in [0, 0.05) is 0 Å². The maximum absolute atomic E-state index is 4.06. The standard InChI is InChI=1S/C5H12S.BH3/c1-5(2)3-4-6;/h5-6H,3-4H2,1-2H3;1H3. The highest BCUT2D eigenvalue weighted by Crippen LogP contribution is 1.98. The summed E-state index contributed by atoms with van der Waals surface area (Å²) in [4.78, 5) is 0. The number of hydrogen-bond donors (Lipinski definition) is 1. The largest absolute Gasteiger partial charge is 0.179 e. The molecule has 0 spiro atoms. The minimum Gasteiger partial charge on any atom is -0.179 e. The van der Waals surface area contributed by atoms with E-state index in [4.69, 9.17) is 0 Å². The summed E-state index contributed by atoms with van der Waals surface area (Å²) in [7, 11) is 0. The molecule has 0 aliphatic heterocycles.